The second-order valence-corrected chi connectivity index (χ2v) is 8.61. The highest BCUT2D eigenvalue weighted by atomic mass is 35.5. The lowest BCUT2D eigenvalue weighted by Gasteiger charge is -2.31. The van der Waals surface area contributed by atoms with Crippen molar-refractivity contribution in [3.63, 3.8) is 0 Å². The molecule has 0 saturated heterocycles. The van der Waals surface area contributed by atoms with E-state index in [-0.39, 0.29) is 28.2 Å². The van der Waals surface area contributed by atoms with Gasteiger partial charge in [-0.1, -0.05) is 41.9 Å². The smallest absolute Gasteiger partial charge is 0.288 e. The zero-order valence-electron chi connectivity index (χ0n) is 18.5. The van der Waals surface area contributed by atoms with E-state index in [4.69, 9.17) is 11.6 Å². The summed E-state index contributed by atoms with van der Waals surface area (Å²) in [6, 6.07) is 20.6. The first-order chi connectivity index (χ1) is 15.8. The van der Waals surface area contributed by atoms with Crippen molar-refractivity contribution in [2.24, 2.45) is 0 Å². The molecule has 1 amide bonds. The molecule has 0 saturated carbocycles. The summed E-state index contributed by atoms with van der Waals surface area (Å²) in [5, 5.41) is 14.2. The van der Waals surface area contributed by atoms with Crippen molar-refractivity contribution in [3.8, 4) is 0 Å². The molecule has 0 radical (unpaired) electrons. The van der Waals surface area contributed by atoms with Crippen LogP contribution >= 0.6 is 11.6 Å². The summed E-state index contributed by atoms with van der Waals surface area (Å²) in [5.41, 5.74) is 4.54. The van der Waals surface area contributed by atoms with E-state index in [2.05, 4.69) is 46.6 Å². The molecule has 7 nitrogen and oxygen atoms in total. The summed E-state index contributed by atoms with van der Waals surface area (Å²) >= 11 is 5.89. The maximum absolute atomic E-state index is 12.9. The first kappa shape index (κ1) is 22.6. The lowest BCUT2D eigenvalue weighted by Crippen LogP contribution is -2.37. The molecular weight excluding hydrogens is 440 g/mol. The Labute approximate surface area is 197 Å². The predicted molar refractivity (Wildman–Crippen MR) is 131 cm³/mol. The Morgan fingerprint density at radius 3 is 2.58 bits per heavy atom. The number of carbonyl (C=O) groups is 1. The molecule has 0 spiro atoms. The average molecular weight is 465 g/mol. The number of carbonyl (C=O) groups excluding carboxylic acids is 1. The highest BCUT2D eigenvalue weighted by molar-refractivity contribution is 6.32. The van der Waals surface area contributed by atoms with E-state index in [1.165, 1.54) is 23.8 Å². The zero-order chi connectivity index (χ0) is 23.5. The van der Waals surface area contributed by atoms with Crippen LogP contribution in [0.2, 0.25) is 5.02 Å². The summed E-state index contributed by atoms with van der Waals surface area (Å²) in [5.74, 6) is -0.378. The number of hydrogen-bond acceptors (Lipinski definition) is 5. The van der Waals surface area contributed by atoms with Gasteiger partial charge in [-0.2, -0.15) is 0 Å². The highest BCUT2D eigenvalue weighted by Gasteiger charge is 2.28. The minimum absolute atomic E-state index is 0.00378. The van der Waals surface area contributed by atoms with Crippen LogP contribution in [0.25, 0.3) is 0 Å². The number of anilines is 2. The van der Waals surface area contributed by atoms with Gasteiger partial charge in [0, 0.05) is 50.2 Å². The maximum atomic E-state index is 12.9. The van der Waals surface area contributed by atoms with Gasteiger partial charge in [0.15, 0.2) is 0 Å². The van der Waals surface area contributed by atoms with Crippen molar-refractivity contribution in [1.82, 2.24) is 5.32 Å². The van der Waals surface area contributed by atoms with Gasteiger partial charge in [-0.15, -0.1) is 0 Å². The average Bonchev–Trinajstić information content (AvgIpc) is 3.23. The number of nitro benzene ring substituents is 1. The quantitative estimate of drug-likeness (QED) is 0.399. The van der Waals surface area contributed by atoms with E-state index in [1.807, 2.05) is 31.1 Å². The third kappa shape index (κ3) is 4.78. The molecule has 0 aliphatic carbocycles. The molecule has 0 fully saturated rings. The zero-order valence-corrected chi connectivity index (χ0v) is 19.2. The van der Waals surface area contributed by atoms with Gasteiger partial charge in [-0.3, -0.25) is 14.9 Å². The molecular formula is C25H25ClN4O3. The van der Waals surface area contributed by atoms with E-state index < -0.39 is 4.92 Å². The summed E-state index contributed by atoms with van der Waals surface area (Å²) in [7, 11) is 3.99. The first-order valence-electron chi connectivity index (χ1n) is 10.7. The number of fused-ring (bicyclic) bond motifs is 1. The second-order valence-electron chi connectivity index (χ2n) is 8.21. The number of amides is 1. The van der Waals surface area contributed by atoms with Gasteiger partial charge in [0.2, 0.25) is 0 Å². The third-order valence-corrected chi connectivity index (χ3v) is 6.27. The van der Waals surface area contributed by atoms with Gasteiger partial charge in [0.05, 0.1) is 11.0 Å². The van der Waals surface area contributed by atoms with Crippen molar-refractivity contribution in [3.05, 3.63) is 98.6 Å². The highest BCUT2D eigenvalue weighted by Crippen LogP contribution is 2.35. The third-order valence-electron chi connectivity index (χ3n) is 5.95. The molecule has 33 heavy (non-hydrogen) atoms. The Kier molecular flexibility index (Phi) is 6.51. The predicted octanol–water partition coefficient (Wildman–Crippen LogP) is 4.85. The number of nitrogens with one attached hydrogen (secondary N) is 1. The van der Waals surface area contributed by atoms with Crippen molar-refractivity contribution in [1.29, 1.82) is 0 Å². The van der Waals surface area contributed by atoms with Crippen LogP contribution in [0.4, 0.5) is 17.1 Å². The molecule has 0 aromatic heterocycles. The molecule has 4 rings (SSSR count). The fourth-order valence-corrected chi connectivity index (χ4v) is 4.36. The van der Waals surface area contributed by atoms with E-state index in [0.29, 0.717) is 6.54 Å². The monoisotopic (exact) mass is 464 g/mol. The molecule has 0 bridgehead atoms. The maximum Gasteiger partial charge on any atom is 0.288 e. The Morgan fingerprint density at radius 2 is 1.88 bits per heavy atom. The van der Waals surface area contributed by atoms with Crippen LogP contribution in [-0.2, 0) is 6.42 Å². The summed E-state index contributed by atoms with van der Waals surface area (Å²) in [4.78, 5) is 27.8. The van der Waals surface area contributed by atoms with Crippen LogP contribution in [-0.4, -0.2) is 38.0 Å². The SMILES string of the molecule is CN(C)c1ccc(C(CNC(=O)c2ccc(Cl)c([N+](=O)[O-])c2)N2CCc3ccccc32)cc1. The van der Waals surface area contributed by atoms with Crippen molar-refractivity contribution < 1.29 is 9.72 Å². The molecule has 1 N–H and O–H groups in total. The van der Waals surface area contributed by atoms with Crippen LogP contribution in [0.1, 0.15) is 27.5 Å². The molecule has 3 aromatic rings. The Bertz CT molecular complexity index is 1180. The number of halogens is 1. The fourth-order valence-electron chi connectivity index (χ4n) is 4.18. The number of benzene rings is 3. The van der Waals surface area contributed by atoms with Crippen LogP contribution < -0.4 is 15.1 Å². The molecule has 1 heterocycles. The van der Waals surface area contributed by atoms with Gasteiger partial charge >= 0.3 is 0 Å². The second kappa shape index (κ2) is 9.50. The largest absolute Gasteiger partial charge is 0.378 e. The molecule has 3 aromatic carbocycles. The van der Waals surface area contributed by atoms with Crippen molar-refractivity contribution >= 4 is 34.6 Å². The van der Waals surface area contributed by atoms with Crippen LogP contribution in [0.15, 0.2) is 66.7 Å². The van der Waals surface area contributed by atoms with E-state index in [0.717, 1.165) is 29.9 Å². The molecule has 8 heteroatoms. The van der Waals surface area contributed by atoms with Gasteiger partial charge in [-0.05, 0) is 47.9 Å². The minimum Gasteiger partial charge on any atom is -0.378 e. The molecule has 170 valence electrons. The molecule has 1 atom stereocenters. The summed E-state index contributed by atoms with van der Waals surface area (Å²) in [6.07, 6.45) is 0.944. The lowest BCUT2D eigenvalue weighted by atomic mass is 10.0. The van der Waals surface area contributed by atoms with Crippen molar-refractivity contribution in [2.45, 2.75) is 12.5 Å². The summed E-state index contributed by atoms with van der Waals surface area (Å²) in [6.45, 7) is 1.20. The van der Waals surface area contributed by atoms with E-state index in [9.17, 15) is 14.9 Å². The van der Waals surface area contributed by atoms with E-state index in [1.54, 1.807) is 0 Å². The number of nitro groups is 1. The van der Waals surface area contributed by atoms with Gasteiger partial charge < -0.3 is 15.1 Å². The van der Waals surface area contributed by atoms with Gasteiger partial charge in [0.1, 0.15) is 5.02 Å². The van der Waals surface area contributed by atoms with Gasteiger partial charge in [0.25, 0.3) is 11.6 Å². The van der Waals surface area contributed by atoms with Gasteiger partial charge in [-0.25, -0.2) is 0 Å². The molecule has 1 aliphatic heterocycles. The van der Waals surface area contributed by atoms with E-state index >= 15 is 0 Å². The van der Waals surface area contributed by atoms with Crippen LogP contribution in [0.3, 0.4) is 0 Å². The van der Waals surface area contributed by atoms with Crippen molar-refractivity contribution in [2.75, 3.05) is 37.0 Å². The Morgan fingerprint density at radius 1 is 1.15 bits per heavy atom. The molecule has 1 unspecified atom stereocenters. The number of hydrogen-bond donors (Lipinski definition) is 1. The normalized spacial score (nSPS) is 13.4. The minimum atomic E-state index is -0.588. The first-order valence-corrected chi connectivity index (χ1v) is 11.1. The fraction of sp³-hybridized carbons (Fsp3) is 0.240. The summed E-state index contributed by atoms with van der Waals surface area (Å²) < 4.78 is 0. The number of rotatable bonds is 7. The number of nitrogens with zero attached hydrogens (tertiary/aromatic N) is 3. The Balaban J connectivity index is 1.60. The van der Waals surface area contributed by atoms with Crippen LogP contribution in [0, 0.1) is 10.1 Å². The Hall–Kier alpha value is -3.58. The topological polar surface area (TPSA) is 78.7 Å². The standard InChI is InChI=1S/C25H25ClN4O3/c1-28(2)20-10-7-18(8-11-20)24(29-14-13-17-5-3-4-6-22(17)29)16-27-25(31)19-9-12-21(26)23(15-19)30(32)33/h3-12,15,24H,13-14,16H2,1-2H3,(H,27,31). The lowest BCUT2D eigenvalue weighted by molar-refractivity contribution is -0.384. The number of para-hydroxylation sites is 1. The molecule has 1 aliphatic rings. The van der Waals surface area contributed by atoms with Crippen LogP contribution in [0.5, 0.6) is 0 Å².